The molecule has 0 aliphatic rings. The second-order valence-electron chi connectivity index (χ2n) is 2.63. The van der Waals surface area contributed by atoms with Crippen molar-refractivity contribution in [2.24, 2.45) is 0 Å². The summed E-state index contributed by atoms with van der Waals surface area (Å²) in [6, 6.07) is 8.59. The third kappa shape index (κ3) is 4.96. The van der Waals surface area contributed by atoms with Gasteiger partial charge < -0.3 is 9.84 Å². The van der Waals surface area contributed by atoms with Crippen LogP contribution in [0.1, 0.15) is 12.5 Å². The number of carbonyl (C=O) groups is 1. The molecular weight excluding hydrogens is 385 g/mol. The van der Waals surface area contributed by atoms with Crippen LogP contribution in [0.3, 0.4) is 0 Å². The minimum absolute atomic E-state index is 0. The third-order valence-electron chi connectivity index (χ3n) is 1.59. The predicted molar refractivity (Wildman–Crippen MR) is 56.8 cm³/mol. The van der Waals surface area contributed by atoms with E-state index < -0.39 is 5.97 Å². The van der Waals surface area contributed by atoms with E-state index in [1.165, 1.54) is 0 Å². The maximum atomic E-state index is 11.4. The van der Waals surface area contributed by atoms with Gasteiger partial charge in [0.15, 0.2) is 0 Å². The fourth-order valence-corrected chi connectivity index (χ4v) is 0.977. The molecule has 0 fully saturated rings. The van der Waals surface area contributed by atoms with Crippen LogP contribution in [0.15, 0.2) is 36.4 Å². The van der Waals surface area contributed by atoms with E-state index in [4.69, 9.17) is 0 Å². The molecule has 0 bridgehead atoms. The van der Waals surface area contributed by atoms with Gasteiger partial charge in [-0.25, -0.2) is 4.79 Å². The minimum atomic E-state index is -0.596. The Bertz CT molecular complexity index is 333. The molecule has 0 radical (unpaired) electrons. The van der Waals surface area contributed by atoms with E-state index in [1.54, 1.807) is 37.3 Å². The molecule has 0 unspecified atom stereocenters. The summed E-state index contributed by atoms with van der Waals surface area (Å²) in [5.74, 6) is -0.926. The van der Waals surface area contributed by atoms with Crippen LogP contribution in [0.5, 0.6) is 0 Å². The first kappa shape index (κ1) is 14.2. The Labute approximate surface area is 109 Å². The topological polar surface area (TPSA) is 49.4 Å². The van der Waals surface area contributed by atoms with E-state index in [0.29, 0.717) is 5.56 Å². The van der Waals surface area contributed by atoms with Gasteiger partial charge in [0.05, 0.1) is 6.61 Å². The molecule has 0 saturated carbocycles. The fraction of sp³-hybridized carbons (Fsp3) is 0.182. The Kier molecular flexibility index (Phi) is 7.02. The number of carbonyl (C=O) groups excluding carboxylic acids is 1. The van der Waals surface area contributed by atoms with Crippen molar-refractivity contribution in [1.29, 1.82) is 0 Å². The molecule has 0 aliphatic carbocycles. The van der Waals surface area contributed by atoms with Gasteiger partial charge in [-0.3, -0.25) is 0 Å². The number of hydrogen-bond donors (Lipinski definition) is 0. The second kappa shape index (κ2) is 7.44. The predicted octanol–water partition coefficient (Wildman–Crippen LogP) is 0.570. The molecule has 1 aromatic rings. The zero-order valence-electron chi connectivity index (χ0n) is 8.47. The third-order valence-corrected chi connectivity index (χ3v) is 1.59. The van der Waals surface area contributed by atoms with Crippen molar-refractivity contribution in [2.45, 2.75) is 6.92 Å². The first-order chi connectivity index (χ1) is 6.74. The molecule has 1 aromatic carbocycles. The molecular formula is C11H11O3Tl. The van der Waals surface area contributed by atoms with Crippen LogP contribution in [0.4, 0.5) is 0 Å². The average Bonchev–Trinajstić information content (AvgIpc) is 2.19. The SMILES string of the molecule is CCOC(=O)/C=C(\[O-])c1ccccc1.[Tl+]. The Hall–Kier alpha value is -0.848. The van der Waals surface area contributed by atoms with E-state index in [1.807, 2.05) is 0 Å². The normalized spacial score (nSPS) is 10.3. The van der Waals surface area contributed by atoms with Crippen molar-refractivity contribution < 1.29 is 14.6 Å². The van der Waals surface area contributed by atoms with E-state index >= 15 is 0 Å². The summed E-state index contributed by atoms with van der Waals surface area (Å²) in [7, 11) is 0. The molecule has 0 saturated heterocycles. The van der Waals surface area contributed by atoms with Crippen LogP contribution in [0.25, 0.3) is 5.76 Å². The summed E-state index contributed by atoms with van der Waals surface area (Å²) in [5, 5.41) is 11.4. The van der Waals surface area contributed by atoms with Gasteiger partial charge in [-0.2, -0.15) is 0 Å². The van der Waals surface area contributed by atoms with Gasteiger partial charge >= 0.3 is 33.3 Å². The molecule has 3 nitrogen and oxygen atoms in total. The Morgan fingerprint density at radius 3 is 2.53 bits per heavy atom. The molecule has 4 heteroatoms. The van der Waals surface area contributed by atoms with Gasteiger partial charge in [-0.05, 0) is 12.5 Å². The van der Waals surface area contributed by atoms with E-state index in [-0.39, 0.29) is 39.7 Å². The minimum Gasteiger partial charge on any atom is -0.872 e. The Morgan fingerprint density at radius 1 is 1.40 bits per heavy atom. The van der Waals surface area contributed by atoms with Crippen LogP contribution in [-0.4, -0.2) is 39.9 Å². The van der Waals surface area contributed by atoms with Crippen molar-refractivity contribution >= 4 is 39.0 Å². The Balaban J connectivity index is 0.00000196. The van der Waals surface area contributed by atoms with Gasteiger partial charge in [0, 0.05) is 6.08 Å². The Morgan fingerprint density at radius 2 is 2.00 bits per heavy atom. The van der Waals surface area contributed by atoms with Crippen molar-refractivity contribution in [3.63, 3.8) is 0 Å². The van der Waals surface area contributed by atoms with Gasteiger partial charge in [-0.1, -0.05) is 36.1 Å². The molecule has 0 aliphatic heterocycles. The van der Waals surface area contributed by atoms with Gasteiger partial charge in [0.1, 0.15) is 0 Å². The smallest absolute Gasteiger partial charge is 0.872 e. The molecule has 0 amide bonds. The van der Waals surface area contributed by atoms with Crippen LogP contribution in [-0.2, 0) is 9.53 Å². The summed E-state index contributed by atoms with van der Waals surface area (Å²) in [6.07, 6.45) is 0.957. The van der Waals surface area contributed by atoms with Crippen LogP contribution in [0, 0.1) is 0 Å². The largest absolute Gasteiger partial charge is 1.00 e. The quantitative estimate of drug-likeness (QED) is 0.325. The maximum Gasteiger partial charge on any atom is 1.00 e. The van der Waals surface area contributed by atoms with Crippen LogP contribution in [0.2, 0.25) is 0 Å². The fourth-order valence-electron chi connectivity index (χ4n) is 0.977. The number of ether oxygens (including phenoxy) is 1. The summed E-state index contributed by atoms with van der Waals surface area (Å²) in [6.45, 7) is 1.97. The summed E-state index contributed by atoms with van der Waals surface area (Å²) in [5.41, 5.74) is 0.487. The van der Waals surface area contributed by atoms with Crippen molar-refractivity contribution in [3.8, 4) is 0 Å². The maximum absolute atomic E-state index is 11.4. The summed E-state index contributed by atoms with van der Waals surface area (Å²) < 4.78 is 4.62. The first-order valence-electron chi connectivity index (χ1n) is 4.35. The van der Waals surface area contributed by atoms with E-state index in [2.05, 4.69) is 4.74 Å². The van der Waals surface area contributed by atoms with Crippen molar-refractivity contribution in [3.05, 3.63) is 42.0 Å². The molecule has 0 heterocycles. The van der Waals surface area contributed by atoms with Gasteiger partial charge in [0.2, 0.25) is 0 Å². The number of benzene rings is 1. The standard InChI is InChI=1S/C11H12O3.Tl/c1-2-14-11(13)8-10(12)9-6-4-3-5-7-9;/h3-8,12H,2H2,1H3;/q;+1/p-1/b10-8-;. The number of hydrogen-bond acceptors (Lipinski definition) is 3. The van der Waals surface area contributed by atoms with Crippen LogP contribution >= 0.6 is 0 Å². The zero-order valence-corrected chi connectivity index (χ0v) is 13.0. The molecule has 0 spiro atoms. The van der Waals surface area contributed by atoms with E-state index in [9.17, 15) is 9.90 Å². The van der Waals surface area contributed by atoms with Crippen LogP contribution < -0.4 is 5.11 Å². The van der Waals surface area contributed by atoms with Gasteiger partial charge in [0.25, 0.3) is 0 Å². The molecule has 0 atom stereocenters. The first-order valence-corrected chi connectivity index (χ1v) is 4.35. The van der Waals surface area contributed by atoms with E-state index in [0.717, 1.165) is 6.08 Å². The molecule has 0 aromatic heterocycles. The summed E-state index contributed by atoms with van der Waals surface area (Å²) >= 11 is 0. The molecule has 1 rings (SSSR count). The number of rotatable bonds is 3. The second-order valence-corrected chi connectivity index (χ2v) is 2.63. The zero-order chi connectivity index (χ0) is 10.4. The van der Waals surface area contributed by atoms with Crippen molar-refractivity contribution in [2.75, 3.05) is 6.61 Å². The summed E-state index contributed by atoms with van der Waals surface area (Å²) in [4.78, 5) is 10.9. The molecule has 0 N–H and O–H groups in total. The van der Waals surface area contributed by atoms with Crippen molar-refractivity contribution in [1.82, 2.24) is 0 Å². The average molecular weight is 396 g/mol. The van der Waals surface area contributed by atoms with Gasteiger partial charge in [-0.15, -0.1) is 0 Å². The molecule has 15 heavy (non-hydrogen) atoms. The monoisotopic (exact) mass is 396 g/mol. The number of esters is 1. The molecule has 76 valence electrons.